The highest BCUT2D eigenvalue weighted by molar-refractivity contribution is 6.02. The lowest BCUT2D eigenvalue weighted by atomic mass is 9.88. The SMILES string of the molecule is CN1CCCN(C(=O)CC2=C3CCCCC3N(Cc3ccccc3)C2=O)CC1. The Morgan fingerprint density at radius 3 is 2.68 bits per heavy atom. The minimum atomic E-state index is 0.0889. The van der Waals surface area contributed by atoms with E-state index in [-0.39, 0.29) is 24.3 Å². The van der Waals surface area contributed by atoms with Gasteiger partial charge in [-0.3, -0.25) is 9.59 Å². The number of fused-ring (bicyclic) bond motifs is 1. The Hall–Kier alpha value is -2.14. The van der Waals surface area contributed by atoms with Crippen LogP contribution >= 0.6 is 0 Å². The zero-order valence-corrected chi connectivity index (χ0v) is 16.9. The van der Waals surface area contributed by atoms with Crippen LogP contribution in [0.5, 0.6) is 0 Å². The number of hydrogen-bond acceptors (Lipinski definition) is 3. The minimum Gasteiger partial charge on any atom is -0.341 e. The fraction of sp³-hybridized carbons (Fsp3) is 0.565. The van der Waals surface area contributed by atoms with Crippen LogP contribution in [0, 0.1) is 0 Å². The first-order chi connectivity index (χ1) is 13.6. The van der Waals surface area contributed by atoms with Gasteiger partial charge in [-0.2, -0.15) is 0 Å². The Morgan fingerprint density at radius 2 is 1.86 bits per heavy atom. The lowest BCUT2D eigenvalue weighted by Gasteiger charge is -2.30. The second-order valence-corrected chi connectivity index (χ2v) is 8.40. The molecule has 0 spiro atoms. The maximum Gasteiger partial charge on any atom is 0.251 e. The molecule has 1 atom stereocenters. The summed E-state index contributed by atoms with van der Waals surface area (Å²) in [6.07, 6.45) is 5.56. The average Bonchev–Trinajstić information content (AvgIpc) is 2.86. The zero-order valence-electron chi connectivity index (χ0n) is 16.9. The zero-order chi connectivity index (χ0) is 19.5. The van der Waals surface area contributed by atoms with E-state index in [9.17, 15) is 9.59 Å². The van der Waals surface area contributed by atoms with E-state index in [2.05, 4.69) is 24.1 Å². The third kappa shape index (κ3) is 4.00. The molecule has 1 saturated carbocycles. The van der Waals surface area contributed by atoms with E-state index in [1.165, 1.54) is 5.57 Å². The minimum absolute atomic E-state index is 0.0889. The number of rotatable bonds is 4. The third-order valence-corrected chi connectivity index (χ3v) is 6.45. The van der Waals surface area contributed by atoms with Crippen LogP contribution in [-0.4, -0.2) is 65.8 Å². The Morgan fingerprint density at radius 1 is 1.04 bits per heavy atom. The maximum atomic E-state index is 13.3. The Kier molecular flexibility index (Phi) is 5.81. The smallest absolute Gasteiger partial charge is 0.251 e. The molecule has 150 valence electrons. The van der Waals surface area contributed by atoms with E-state index >= 15 is 0 Å². The molecule has 1 unspecified atom stereocenters. The van der Waals surface area contributed by atoms with Crippen molar-refractivity contribution >= 4 is 11.8 Å². The van der Waals surface area contributed by atoms with Gasteiger partial charge in [-0.15, -0.1) is 0 Å². The van der Waals surface area contributed by atoms with Crippen molar-refractivity contribution in [3.63, 3.8) is 0 Å². The first-order valence-corrected chi connectivity index (χ1v) is 10.7. The topological polar surface area (TPSA) is 43.9 Å². The highest BCUT2D eigenvalue weighted by Gasteiger charge is 2.40. The summed E-state index contributed by atoms with van der Waals surface area (Å²) in [5.41, 5.74) is 3.19. The first kappa shape index (κ1) is 19.2. The Bertz CT molecular complexity index is 758. The van der Waals surface area contributed by atoms with Gasteiger partial charge in [0.2, 0.25) is 5.91 Å². The van der Waals surface area contributed by atoms with Crippen molar-refractivity contribution in [2.75, 3.05) is 33.2 Å². The molecule has 2 fully saturated rings. The summed E-state index contributed by atoms with van der Waals surface area (Å²) in [5.74, 6) is 0.211. The number of nitrogens with zero attached hydrogens (tertiary/aromatic N) is 3. The van der Waals surface area contributed by atoms with Crippen LogP contribution in [-0.2, 0) is 16.1 Å². The van der Waals surface area contributed by atoms with Crippen LogP contribution < -0.4 is 0 Å². The highest BCUT2D eigenvalue weighted by Crippen LogP contribution is 2.39. The molecule has 5 nitrogen and oxygen atoms in total. The summed E-state index contributed by atoms with van der Waals surface area (Å²) in [5, 5.41) is 0. The monoisotopic (exact) mass is 381 g/mol. The van der Waals surface area contributed by atoms with E-state index in [0.717, 1.165) is 69.4 Å². The second kappa shape index (κ2) is 8.48. The summed E-state index contributed by atoms with van der Waals surface area (Å²) >= 11 is 0. The van der Waals surface area contributed by atoms with Gasteiger partial charge in [0.15, 0.2) is 0 Å². The van der Waals surface area contributed by atoms with Crippen molar-refractivity contribution < 1.29 is 9.59 Å². The number of hydrogen-bond donors (Lipinski definition) is 0. The molecule has 0 N–H and O–H groups in total. The van der Waals surface area contributed by atoms with Crippen LogP contribution in [0.4, 0.5) is 0 Å². The van der Waals surface area contributed by atoms with Crippen molar-refractivity contribution in [1.29, 1.82) is 0 Å². The average molecular weight is 382 g/mol. The molecule has 28 heavy (non-hydrogen) atoms. The van der Waals surface area contributed by atoms with Crippen molar-refractivity contribution in [2.45, 2.75) is 51.1 Å². The molecule has 0 radical (unpaired) electrons. The lowest BCUT2D eigenvalue weighted by Crippen LogP contribution is -2.37. The third-order valence-electron chi connectivity index (χ3n) is 6.45. The molecule has 3 aliphatic rings. The van der Waals surface area contributed by atoms with Gasteiger partial charge in [-0.1, -0.05) is 36.8 Å². The highest BCUT2D eigenvalue weighted by atomic mass is 16.2. The standard InChI is InChI=1S/C23H31N3O2/c1-24-12-7-13-25(15-14-24)22(27)16-20-19-10-5-6-11-21(19)26(23(20)28)17-18-8-3-2-4-9-18/h2-4,8-9,21H,5-7,10-17H2,1H3. The molecule has 0 aromatic heterocycles. The largest absolute Gasteiger partial charge is 0.341 e. The van der Waals surface area contributed by atoms with Crippen molar-refractivity contribution in [3.8, 4) is 0 Å². The maximum absolute atomic E-state index is 13.3. The number of amides is 2. The molecule has 1 aliphatic carbocycles. The van der Waals surface area contributed by atoms with Crippen LogP contribution in [0.25, 0.3) is 0 Å². The normalized spacial score (nSPS) is 23.8. The Labute approximate surface area is 168 Å². The van der Waals surface area contributed by atoms with Gasteiger partial charge >= 0.3 is 0 Å². The van der Waals surface area contributed by atoms with Crippen LogP contribution in [0.1, 0.15) is 44.1 Å². The molecule has 2 heterocycles. The predicted molar refractivity (Wildman–Crippen MR) is 110 cm³/mol. The van der Waals surface area contributed by atoms with Crippen molar-refractivity contribution in [1.82, 2.24) is 14.7 Å². The summed E-state index contributed by atoms with van der Waals surface area (Å²) in [6.45, 7) is 4.15. The molecule has 4 rings (SSSR count). The summed E-state index contributed by atoms with van der Waals surface area (Å²) in [7, 11) is 2.10. The molecule has 2 amide bonds. The number of benzene rings is 1. The fourth-order valence-corrected chi connectivity index (χ4v) is 4.85. The van der Waals surface area contributed by atoms with Gasteiger partial charge < -0.3 is 14.7 Å². The number of carbonyl (C=O) groups is 2. The van der Waals surface area contributed by atoms with Gasteiger partial charge in [0.1, 0.15) is 0 Å². The van der Waals surface area contributed by atoms with Gasteiger partial charge in [0.05, 0.1) is 12.5 Å². The van der Waals surface area contributed by atoms with E-state index in [1.807, 2.05) is 28.0 Å². The summed E-state index contributed by atoms with van der Waals surface area (Å²) in [6, 6.07) is 10.4. The molecule has 1 aromatic carbocycles. The molecule has 1 saturated heterocycles. The van der Waals surface area contributed by atoms with E-state index in [4.69, 9.17) is 0 Å². The van der Waals surface area contributed by atoms with Gasteiger partial charge in [-0.05, 0) is 50.4 Å². The Balaban J connectivity index is 1.50. The van der Waals surface area contributed by atoms with Gasteiger partial charge in [0.25, 0.3) is 5.91 Å². The number of likely N-dealkylation sites (N-methyl/N-ethyl adjacent to an activating group) is 1. The molecule has 2 aliphatic heterocycles. The van der Waals surface area contributed by atoms with Crippen LogP contribution in [0.3, 0.4) is 0 Å². The predicted octanol–water partition coefficient (Wildman–Crippen LogP) is 2.82. The van der Waals surface area contributed by atoms with Gasteiger partial charge in [-0.25, -0.2) is 0 Å². The lowest BCUT2D eigenvalue weighted by molar-refractivity contribution is -0.133. The van der Waals surface area contributed by atoms with E-state index in [1.54, 1.807) is 0 Å². The first-order valence-electron chi connectivity index (χ1n) is 10.7. The summed E-state index contributed by atoms with van der Waals surface area (Å²) < 4.78 is 0. The van der Waals surface area contributed by atoms with Crippen LogP contribution in [0.15, 0.2) is 41.5 Å². The van der Waals surface area contributed by atoms with Gasteiger partial charge in [0, 0.05) is 31.8 Å². The van der Waals surface area contributed by atoms with Crippen molar-refractivity contribution in [2.24, 2.45) is 0 Å². The molecule has 5 heteroatoms. The summed E-state index contributed by atoms with van der Waals surface area (Å²) in [4.78, 5) is 32.6. The van der Waals surface area contributed by atoms with E-state index in [0.29, 0.717) is 6.54 Å². The second-order valence-electron chi connectivity index (χ2n) is 8.40. The number of carbonyl (C=O) groups excluding carboxylic acids is 2. The molecular weight excluding hydrogens is 350 g/mol. The van der Waals surface area contributed by atoms with Crippen molar-refractivity contribution in [3.05, 3.63) is 47.0 Å². The fourth-order valence-electron chi connectivity index (χ4n) is 4.85. The van der Waals surface area contributed by atoms with Crippen LogP contribution in [0.2, 0.25) is 0 Å². The molecular formula is C23H31N3O2. The molecule has 0 bridgehead atoms. The van der Waals surface area contributed by atoms with E-state index < -0.39 is 0 Å². The quantitative estimate of drug-likeness (QED) is 0.806. The molecule has 1 aromatic rings.